The lowest BCUT2D eigenvalue weighted by atomic mass is 10.0. The predicted molar refractivity (Wildman–Crippen MR) is 122 cm³/mol. The van der Waals surface area contributed by atoms with Crippen LogP contribution in [0.1, 0.15) is 17.5 Å². The Morgan fingerprint density at radius 2 is 1.91 bits per heavy atom. The normalized spacial score (nSPS) is 16.1. The lowest BCUT2D eigenvalue weighted by Gasteiger charge is -2.24. The molecule has 2 atom stereocenters. The van der Waals surface area contributed by atoms with Gasteiger partial charge in [-0.05, 0) is 35.7 Å². The van der Waals surface area contributed by atoms with Crippen molar-refractivity contribution in [3.05, 3.63) is 65.0 Å². The zero-order valence-corrected chi connectivity index (χ0v) is 19.3. The highest BCUT2D eigenvalue weighted by atomic mass is 32.2. The third-order valence-electron chi connectivity index (χ3n) is 5.17. The fourth-order valence-corrected chi connectivity index (χ4v) is 4.69. The molecule has 2 aromatic carbocycles. The molecule has 2 amide bonds. The average Bonchev–Trinajstić information content (AvgIpc) is 3.30. The molecular formula is C23H24F3N3O5S. The van der Waals surface area contributed by atoms with Crippen LogP contribution in [0.25, 0.3) is 0 Å². The number of aliphatic carboxylic acids is 1. The third-order valence-corrected chi connectivity index (χ3v) is 6.37. The summed E-state index contributed by atoms with van der Waals surface area (Å²) < 4.78 is 45.5. The minimum Gasteiger partial charge on any atom is -0.482 e. The van der Waals surface area contributed by atoms with E-state index in [2.05, 4.69) is 5.32 Å². The molecule has 2 unspecified atom stereocenters. The molecule has 0 aliphatic carbocycles. The van der Waals surface area contributed by atoms with Crippen molar-refractivity contribution >= 4 is 29.5 Å². The molecule has 3 rings (SSSR count). The first kappa shape index (κ1) is 26.4. The maximum atomic E-state index is 13.9. The maximum Gasteiger partial charge on any atom is 0.341 e. The van der Waals surface area contributed by atoms with Gasteiger partial charge in [0.15, 0.2) is 23.6 Å². The smallest absolute Gasteiger partial charge is 0.341 e. The Morgan fingerprint density at radius 1 is 1.17 bits per heavy atom. The van der Waals surface area contributed by atoms with E-state index in [0.717, 1.165) is 6.07 Å². The largest absolute Gasteiger partial charge is 0.482 e. The summed E-state index contributed by atoms with van der Waals surface area (Å²) in [4.78, 5) is 37.5. The Bertz CT molecular complexity index is 1100. The highest BCUT2D eigenvalue weighted by molar-refractivity contribution is 8.00. The fraction of sp³-hybridized carbons (Fsp3) is 0.348. The van der Waals surface area contributed by atoms with Gasteiger partial charge in [0.25, 0.3) is 5.91 Å². The molecule has 2 aromatic rings. The van der Waals surface area contributed by atoms with Crippen molar-refractivity contribution in [2.75, 3.05) is 18.9 Å². The number of carbonyl (C=O) groups is 3. The molecule has 8 nitrogen and oxygen atoms in total. The van der Waals surface area contributed by atoms with E-state index in [4.69, 9.17) is 15.6 Å². The number of carbonyl (C=O) groups excluding carboxylic acids is 2. The number of benzene rings is 2. The molecular weight excluding hydrogens is 487 g/mol. The molecule has 35 heavy (non-hydrogen) atoms. The first-order valence-electron chi connectivity index (χ1n) is 10.7. The lowest BCUT2D eigenvalue weighted by molar-refractivity contribution is -0.139. The van der Waals surface area contributed by atoms with Crippen molar-refractivity contribution in [2.45, 2.75) is 30.8 Å². The monoisotopic (exact) mass is 511 g/mol. The zero-order chi connectivity index (χ0) is 25.5. The number of nitrogens with zero attached hydrogens (tertiary/aromatic N) is 1. The molecule has 0 radical (unpaired) electrons. The number of carboxylic acids is 1. The van der Waals surface area contributed by atoms with Crippen LogP contribution in [-0.2, 0) is 27.3 Å². The number of ether oxygens (including phenoxy) is 1. The van der Waals surface area contributed by atoms with Crippen molar-refractivity contribution in [1.29, 1.82) is 0 Å². The molecule has 12 heteroatoms. The van der Waals surface area contributed by atoms with Gasteiger partial charge in [-0.2, -0.15) is 0 Å². The number of hydrogen-bond acceptors (Lipinski definition) is 6. The maximum absolute atomic E-state index is 13.9. The summed E-state index contributed by atoms with van der Waals surface area (Å²) in [6.45, 7) is -0.0278. The third kappa shape index (κ3) is 7.36. The number of hydrogen-bond donors (Lipinski definition) is 3. The summed E-state index contributed by atoms with van der Waals surface area (Å²) in [5.74, 6) is -4.48. The van der Waals surface area contributed by atoms with E-state index >= 15 is 0 Å². The lowest BCUT2D eigenvalue weighted by Crippen LogP contribution is -2.46. The number of nitrogens with one attached hydrogen (secondary N) is 1. The van der Waals surface area contributed by atoms with Crippen LogP contribution in [0.3, 0.4) is 0 Å². The van der Waals surface area contributed by atoms with Crippen LogP contribution in [0.5, 0.6) is 5.75 Å². The van der Waals surface area contributed by atoms with Crippen LogP contribution in [0.2, 0.25) is 0 Å². The molecule has 1 fully saturated rings. The van der Waals surface area contributed by atoms with Crippen molar-refractivity contribution in [2.24, 2.45) is 5.73 Å². The van der Waals surface area contributed by atoms with Gasteiger partial charge < -0.3 is 25.8 Å². The number of thioether (sulfide) groups is 1. The Hall–Kier alpha value is -3.25. The highest BCUT2D eigenvalue weighted by Gasteiger charge is 2.35. The van der Waals surface area contributed by atoms with Crippen molar-refractivity contribution in [3.63, 3.8) is 0 Å². The van der Waals surface area contributed by atoms with E-state index < -0.39 is 53.3 Å². The van der Waals surface area contributed by atoms with Gasteiger partial charge in [0.2, 0.25) is 5.91 Å². The Kier molecular flexibility index (Phi) is 8.99. The van der Waals surface area contributed by atoms with E-state index in [1.54, 1.807) is 24.3 Å². The van der Waals surface area contributed by atoms with E-state index in [1.807, 2.05) is 0 Å². The van der Waals surface area contributed by atoms with Crippen LogP contribution in [0, 0.1) is 17.5 Å². The van der Waals surface area contributed by atoms with E-state index in [9.17, 15) is 27.6 Å². The van der Waals surface area contributed by atoms with E-state index in [1.165, 1.54) is 16.7 Å². The standard InChI is InChI=1S/C23H24F3N3O5S/c24-17-10-19(26)18(25)8-14(17)7-15(27)9-20(30)29-4-5-35-23(29)22(33)28-11-13-2-1-3-16(6-13)34-12-21(31)32/h1-3,6,8,10,15,23H,4-5,7,9,11-12,27H2,(H,28,33)(H,31,32). The second-order valence-corrected chi connectivity index (χ2v) is 9.07. The SMILES string of the molecule is NC(CC(=O)N1CCSC1C(=O)NCc1cccc(OCC(=O)O)c1)Cc1cc(F)c(F)cc1F. The number of rotatable bonds is 10. The van der Waals surface area contributed by atoms with Crippen molar-refractivity contribution in [3.8, 4) is 5.75 Å². The summed E-state index contributed by atoms with van der Waals surface area (Å²) in [6.07, 6.45) is -0.376. The summed E-state index contributed by atoms with van der Waals surface area (Å²) >= 11 is 1.28. The van der Waals surface area contributed by atoms with Gasteiger partial charge in [-0.15, -0.1) is 11.8 Å². The molecule has 1 saturated heterocycles. The highest BCUT2D eigenvalue weighted by Crippen LogP contribution is 2.25. The van der Waals surface area contributed by atoms with Crippen LogP contribution in [0.15, 0.2) is 36.4 Å². The van der Waals surface area contributed by atoms with Crippen LogP contribution in [0.4, 0.5) is 13.2 Å². The molecule has 1 heterocycles. The van der Waals surface area contributed by atoms with Crippen molar-refractivity contribution in [1.82, 2.24) is 10.2 Å². The van der Waals surface area contributed by atoms with Gasteiger partial charge in [-0.3, -0.25) is 9.59 Å². The van der Waals surface area contributed by atoms with E-state index in [-0.39, 0.29) is 24.9 Å². The summed E-state index contributed by atoms with van der Waals surface area (Å²) in [5, 5.41) is 10.7. The molecule has 0 bridgehead atoms. The van der Waals surface area contributed by atoms with Gasteiger partial charge in [-0.25, -0.2) is 18.0 Å². The summed E-state index contributed by atoms with van der Waals surface area (Å²) in [5.41, 5.74) is 6.50. The van der Waals surface area contributed by atoms with Gasteiger partial charge in [0.1, 0.15) is 11.6 Å². The molecule has 1 aliphatic heterocycles. The minimum absolute atomic E-state index is 0.135. The van der Waals surface area contributed by atoms with Gasteiger partial charge in [-0.1, -0.05) is 12.1 Å². The van der Waals surface area contributed by atoms with E-state index in [0.29, 0.717) is 29.7 Å². The Labute approximate surface area is 203 Å². The summed E-state index contributed by atoms with van der Waals surface area (Å²) in [7, 11) is 0. The minimum atomic E-state index is -1.31. The number of nitrogens with two attached hydrogens (primary N) is 1. The first-order valence-corrected chi connectivity index (χ1v) is 11.7. The number of amides is 2. The predicted octanol–water partition coefficient (Wildman–Crippen LogP) is 2.05. The molecule has 4 N–H and O–H groups in total. The average molecular weight is 512 g/mol. The van der Waals surface area contributed by atoms with Crippen LogP contribution < -0.4 is 15.8 Å². The zero-order valence-electron chi connectivity index (χ0n) is 18.5. The summed E-state index contributed by atoms with van der Waals surface area (Å²) in [6, 6.07) is 6.89. The first-order chi connectivity index (χ1) is 16.6. The van der Waals surface area contributed by atoms with Gasteiger partial charge in [0, 0.05) is 37.4 Å². The number of halogens is 3. The van der Waals surface area contributed by atoms with Gasteiger partial charge in [0.05, 0.1) is 0 Å². The second-order valence-electron chi connectivity index (χ2n) is 7.88. The number of carboxylic acid groups (broad SMARTS) is 1. The molecule has 0 spiro atoms. The molecule has 188 valence electrons. The quantitative estimate of drug-likeness (QED) is 0.418. The Morgan fingerprint density at radius 3 is 2.66 bits per heavy atom. The molecule has 0 saturated carbocycles. The molecule has 0 aromatic heterocycles. The van der Waals surface area contributed by atoms with Crippen LogP contribution >= 0.6 is 11.8 Å². The topological polar surface area (TPSA) is 122 Å². The molecule has 1 aliphatic rings. The second kappa shape index (κ2) is 11.9. The van der Waals surface area contributed by atoms with Gasteiger partial charge >= 0.3 is 5.97 Å². The van der Waals surface area contributed by atoms with Crippen molar-refractivity contribution < 1.29 is 37.4 Å². The van der Waals surface area contributed by atoms with Crippen LogP contribution in [-0.4, -0.2) is 58.1 Å². The Balaban J connectivity index is 1.54. The fourth-order valence-electron chi connectivity index (χ4n) is 3.53.